The highest BCUT2D eigenvalue weighted by molar-refractivity contribution is 8.00. The summed E-state index contributed by atoms with van der Waals surface area (Å²) in [5, 5.41) is 9.02. The minimum absolute atomic E-state index is 0.0142. The van der Waals surface area contributed by atoms with Crippen molar-refractivity contribution in [1.82, 2.24) is 10.3 Å². The maximum Gasteiger partial charge on any atom is 0.272 e. The fraction of sp³-hybridized carbons (Fsp3) is 0.0732. The first-order valence-electron chi connectivity index (χ1n) is 16.0. The molecule has 0 aliphatic heterocycles. The van der Waals surface area contributed by atoms with Gasteiger partial charge in [-0.2, -0.15) is 0 Å². The lowest BCUT2D eigenvalue weighted by Gasteiger charge is -2.17. The molecule has 3 amide bonds. The standard InChI is InChI=1S/C41H33ClN4O3S2/c1-26-20-22-28(23-21-26)36-27(2)50-41(45-36)46-40(49)37(29-12-5-3-6-13-29)51-33-18-11-17-32(25-33)43-39(48)35(24-31-16-9-10-19-34(31)42)44-38(47)30-14-7-4-8-15-30/h3-25,37H,1-2H3,(H,43,48)(H,44,47)(H,45,46,49)/b35-24+. The van der Waals surface area contributed by atoms with Gasteiger partial charge in [0.2, 0.25) is 5.91 Å². The molecule has 10 heteroatoms. The molecule has 0 saturated heterocycles. The third-order valence-electron chi connectivity index (χ3n) is 7.77. The van der Waals surface area contributed by atoms with Gasteiger partial charge in [0.25, 0.3) is 11.8 Å². The number of nitrogens with one attached hydrogen (secondary N) is 3. The molecule has 0 saturated carbocycles. The summed E-state index contributed by atoms with van der Waals surface area (Å²) in [5.41, 5.74) is 5.27. The van der Waals surface area contributed by atoms with Crippen LogP contribution in [0.4, 0.5) is 10.8 Å². The normalized spacial score (nSPS) is 11.8. The maximum atomic E-state index is 13.9. The van der Waals surface area contributed by atoms with Crippen molar-refractivity contribution in [2.45, 2.75) is 24.0 Å². The average Bonchev–Trinajstić information content (AvgIpc) is 3.51. The molecule has 51 heavy (non-hydrogen) atoms. The summed E-state index contributed by atoms with van der Waals surface area (Å²) in [7, 11) is 0. The Labute approximate surface area is 309 Å². The van der Waals surface area contributed by atoms with E-state index >= 15 is 0 Å². The molecule has 6 rings (SSSR count). The van der Waals surface area contributed by atoms with Crippen LogP contribution in [0, 0.1) is 13.8 Å². The molecule has 0 aliphatic rings. The van der Waals surface area contributed by atoms with Gasteiger partial charge < -0.3 is 16.0 Å². The van der Waals surface area contributed by atoms with E-state index in [9.17, 15) is 14.4 Å². The predicted octanol–water partition coefficient (Wildman–Crippen LogP) is 9.96. The largest absolute Gasteiger partial charge is 0.321 e. The summed E-state index contributed by atoms with van der Waals surface area (Å²) in [6.07, 6.45) is 1.54. The van der Waals surface area contributed by atoms with E-state index in [1.807, 2.05) is 80.6 Å². The number of hydrogen-bond acceptors (Lipinski definition) is 6. The number of carbonyl (C=O) groups excluding carboxylic acids is 3. The second kappa shape index (κ2) is 16.5. The monoisotopic (exact) mass is 728 g/mol. The minimum Gasteiger partial charge on any atom is -0.321 e. The van der Waals surface area contributed by atoms with Gasteiger partial charge in [0.1, 0.15) is 10.9 Å². The van der Waals surface area contributed by atoms with Gasteiger partial charge in [0.05, 0.1) is 5.69 Å². The maximum absolute atomic E-state index is 13.9. The summed E-state index contributed by atoms with van der Waals surface area (Å²) in [6.45, 7) is 4.03. The number of anilines is 2. The zero-order valence-corrected chi connectivity index (χ0v) is 30.1. The van der Waals surface area contributed by atoms with Gasteiger partial charge in [0, 0.05) is 31.6 Å². The Morgan fingerprint density at radius 3 is 2.20 bits per heavy atom. The van der Waals surface area contributed by atoms with Crippen molar-refractivity contribution in [3.63, 3.8) is 0 Å². The van der Waals surface area contributed by atoms with Crippen molar-refractivity contribution in [3.8, 4) is 11.3 Å². The van der Waals surface area contributed by atoms with Crippen LogP contribution >= 0.6 is 34.7 Å². The number of thioether (sulfide) groups is 1. The average molecular weight is 729 g/mol. The number of aryl methyl sites for hydroxylation is 2. The molecule has 1 aromatic heterocycles. The third-order valence-corrected chi connectivity index (χ3v) is 10.3. The number of amides is 3. The molecule has 3 N–H and O–H groups in total. The van der Waals surface area contributed by atoms with Gasteiger partial charge in [-0.15, -0.1) is 23.1 Å². The molecule has 0 aliphatic carbocycles. The van der Waals surface area contributed by atoms with Crippen molar-refractivity contribution in [2.24, 2.45) is 0 Å². The number of thiazole rings is 1. The van der Waals surface area contributed by atoms with Crippen LogP contribution < -0.4 is 16.0 Å². The quantitative estimate of drug-likeness (QED) is 0.0911. The fourth-order valence-electron chi connectivity index (χ4n) is 5.17. The Morgan fingerprint density at radius 2 is 1.47 bits per heavy atom. The van der Waals surface area contributed by atoms with Crippen LogP contribution in [-0.4, -0.2) is 22.7 Å². The molecule has 6 aromatic rings. The lowest BCUT2D eigenvalue weighted by Crippen LogP contribution is -2.30. The number of aromatic nitrogens is 1. The first kappa shape index (κ1) is 35.3. The topological polar surface area (TPSA) is 100 Å². The van der Waals surface area contributed by atoms with Gasteiger partial charge >= 0.3 is 0 Å². The van der Waals surface area contributed by atoms with Gasteiger partial charge in [0.15, 0.2) is 5.13 Å². The lowest BCUT2D eigenvalue weighted by atomic mass is 10.1. The van der Waals surface area contributed by atoms with E-state index in [1.54, 1.807) is 66.7 Å². The predicted molar refractivity (Wildman–Crippen MR) is 209 cm³/mol. The zero-order valence-electron chi connectivity index (χ0n) is 27.7. The number of carbonyl (C=O) groups is 3. The Hall–Kier alpha value is -5.48. The van der Waals surface area contributed by atoms with E-state index in [0.717, 1.165) is 32.2 Å². The van der Waals surface area contributed by atoms with Crippen LogP contribution in [0.1, 0.15) is 37.2 Å². The van der Waals surface area contributed by atoms with Crippen LogP contribution in [0.5, 0.6) is 0 Å². The lowest BCUT2D eigenvalue weighted by molar-refractivity contribution is -0.116. The molecular weight excluding hydrogens is 696 g/mol. The second-order valence-electron chi connectivity index (χ2n) is 11.6. The van der Waals surface area contributed by atoms with E-state index in [0.29, 0.717) is 27.0 Å². The van der Waals surface area contributed by atoms with Gasteiger partial charge in [-0.25, -0.2) is 4.98 Å². The number of benzene rings is 5. The first-order chi connectivity index (χ1) is 24.7. The molecule has 5 aromatic carbocycles. The number of halogens is 1. The Balaban J connectivity index is 1.22. The molecule has 0 spiro atoms. The molecule has 7 nitrogen and oxygen atoms in total. The van der Waals surface area contributed by atoms with Crippen LogP contribution in [0.15, 0.2) is 144 Å². The molecule has 1 heterocycles. The van der Waals surface area contributed by atoms with E-state index < -0.39 is 17.1 Å². The Kier molecular flexibility index (Phi) is 11.4. The summed E-state index contributed by atoms with van der Waals surface area (Å²) in [5.74, 6) is -1.20. The smallest absolute Gasteiger partial charge is 0.272 e. The van der Waals surface area contributed by atoms with Crippen molar-refractivity contribution in [2.75, 3.05) is 10.6 Å². The summed E-state index contributed by atoms with van der Waals surface area (Å²) in [6, 6.07) is 40.6. The molecule has 0 radical (unpaired) electrons. The van der Waals surface area contributed by atoms with Crippen molar-refractivity contribution < 1.29 is 14.4 Å². The summed E-state index contributed by atoms with van der Waals surface area (Å²) in [4.78, 5) is 47.2. The van der Waals surface area contributed by atoms with Gasteiger partial charge in [-0.1, -0.05) is 114 Å². The Bertz CT molecular complexity index is 2200. The van der Waals surface area contributed by atoms with E-state index in [2.05, 4.69) is 16.0 Å². The minimum atomic E-state index is -0.620. The zero-order chi connectivity index (χ0) is 35.7. The van der Waals surface area contributed by atoms with Gasteiger partial charge in [-0.05, 0) is 67.4 Å². The molecular formula is C41H33ClN4O3S2. The third kappa shape index (κ3) is 9.20. The molecule has 254 valence electrons. The highest BCUT2D eigenvalue weighted by Crippen LogP contribution is 2.38. The second-order valence-corrected chi connectivity index (χ2v) is 14.4. The highest BCUT2D eigenvalue weighted by atomic mass is 35.5. The van der Waals surface area contributed by atoms with Crippen LogP contribution in [-0.2, 0) is 9.59 Å². The summed E-state index contributed by atoms with van der Waals surface area (Å²) < 4.78 is 0. The number of hydrogen-bond donors (Lipinski definition) is 3. The molecule has 0 fully saturated rings. The van der Waals surface area contributed by atoms with Gasteiger partial charge in [-0.3, -0.25) is 14.4 Å². The van der Waals surface area contributed by atoms with Crippen LogP contribution in [0.2, 0.25) is 5.02 Å². The molecule has 1 atom stereocenters. The van der Waals surface area contributed by atoms with E-state index in [4.69, 9.17) is 16.6 Å². The summed E-state index contributed by atoms with van der Waals surface area (Å²) >= 11 is 9.18. The SMILES string of the molecule is Cc1ccc(-c2nc(NC(=O)C(Sc3cccc(NC(=O)/C(=C\c4ccccc4Cl)NC(=O)c4ccccc4)c3)c3ccccc3)sc2C)cc1. The van der Waals surface area contributed by atoms with Crippen LogP contribution in [0.25, 0.3) is 17.3 Å². The Morgan fingerprint density at radius 1 is 0.784 bits per heavy atom. The first-order valence-corrected chi connectivity index (χ1v) is 18.1. The number of nitrogens with zero attached hydrogens (tertiary/aromatic N) is 1. The highest BCUT2D eigenvalue weighted by Gasteiger charge is 2.24. The van der Waals surface area contributed by atoms with E-state index in [-0.39, 0.29) is 11.6 Å². The molecule has 0 bridgehead atoms. The van der Waals surface area contributed by atoms with Crippen LogP contribution in [0.3, 0.4) is 0 Å². The van der Waals surface area contributed by atoms with Crippen molar-refractivity contribution in [1.29, 1.82) is 0 Å². The van der Waals surface area contributed by atoms with Crippen molar-refractivity contribution >= 4 is 69.3 Å². The molecule has 1 unspecified atom stereocenters. The van der Waals surface area contributed by atoms with Crippen molar-refractivity contribution in [3.05, 3.63) is 171 Å². The number of rotatable bonds is 11. The fourth-order valence-corrected chi connectivity index (χ4v) is 7.29. The van der Waals surface area contributed by atoms with E-state index in [1.165, 1.54) is 29.2 Å².